The fourth-order valence-electron chi connectivity index (χ4n) is 2.78. The minimum atomic E-state index is -0.0592. The molecule has 0 radical (unpaired) electrons. The van der Waals surface area contributed by atoms with Crippen LogP contribution in [0.5, 0.6) is 0 Å². The Morgan fingerprint density at radius 3 is 2.71 bits per heavy atom. The van der Waals surface area contributed by atoms with Crippen LogP contribution in [0.25, 0.3) is 0 Å². The number of ether oxygens (including phenoxy) is 1. The third kappa shape index (κ3) is 4.37. The Bertz CT molecular complexity index is 703. The largest absolute Gasteiger partial charge is 0.379 e. The Labute approximate surface area is 158 Å². The maximum absolute atomic E-state index is 12.4. The monoisotopic (exact) mass is 428 g/mol. The molecular formula is C17H18BrClN2O2S. The molecule has 1 N–H and O–H groups in total. The molecule has 1 aromatic heterocycles. The van der Waals surface area contributed by atoms with Crippen LogP contribution in [0.3, 0.4) is 0 Å². The Hall–Kier alpha value is -0.920. The molecule has 2 aromatic rings. The molecule has 0 spiro atoms. The van der Waals surface area contributed by atoms with E-state index in [1.807, 2.05) is 36.4 Å². The van der Waals surface area contributed by atoms with Gasteiger partial charge in [0.05, 0.1) is 27.9 Å². The van der Waals surface area contributed by atoms with Gasteiger partial charge in [0.15, 0.2) is 0 Å². The second-order valence-electron chi connectivity index (χ2n) is 5.50. The van der Waals surface area contributed by atoms with Crippen LogP contribution in [0, 0.1) is 0 Å². The lowest BCUT2D eigenvalue weighted by atomic mass is 10.0. The van der Waals surface area contributed by atoms with Crippen molar-refractivity contribution in [1.82, 2.24) is 10.2 Å². The highest BCUT2D eigenvalue weighted by molar-refractivity contribution is 9.11. The van der Waals surface area contributed by atoms with Crippen molar-refractivity contribution in [3.63, 3.8) is 0 Å². The van der Waals surface area contributed by atoms with Gasteiger partial charge in [0.1, 0.15) is 0 Å². The van der Waals surface area contributed by atoms with Gasteiger partial charge < -0.3 is 10.1 Å². The van der Waals surface area contributed by atoms with Crippen LogP contribution in [0.4, 0.5) is 0 Å². The summed E-state index contributed by atoms with van der Waals surface area (Å²) in [5.41, 5.74) is 1.04. The molecule has 24 heavy (non-hydrogen) atoms. The average Bonchev–Trinajstić information content (AvgIpc) is 3.04. The summed E-state index contributed by atoms with van der Waals surface area (Å²) in [5.74, 6) is -0.0592. The number of nitrogens with zero attached hydrogens (tertiary/aromatic N) is 1. The molecule has 0 aliphatic carbocycles. The molecule has 1 fully saturated rings. The maximum atomic E-state index is 12.4. The average molecular weight is 430 g/mol. The van der Waals surface area contributed by atoms with E-state index in [0.717, 1.165) is 27.5 Å². The third-order valence-electron chi connectivity index (χ3n) is 4.00. The normalized spacial score (nSPS) is 16.8. The molecule has 1 amide bonds. The number of morpholine rings is 1. The molecule has 1 saturated heterocycles. The fraction of sp³-hybridized carbons (Fsp3) is 0.353. The van der Waals surface area contributed by atoms with E-state index in [2.05, 4.69) is 26.1 Å². The summed E-state index contributed by atoms with van der Waals surface area (Å²) in [7, 11) is 0. The second kappa shape index (κ2) is 8.45. The van der Waals surface area contributed by atoms with E-state index in [4.69, 9.17) is 16.3 Å². The van der Waals surface area contributed by atoms with Crippen molar-refractivity contribution in [1.29, 1.82) is 0 Å². The molecule has 1 aliphatic rings. The molecule has 0 bridgehead atoms. The number of thiophene rings is 1. The second-order valence-corrected chi connectivity index (χ2v) is 8.37. The van der Waals surface area contributed by atoms with Crippen molar-refractivity contribution in [3.05, 3.63) is 55.6 Å². The summed E-state index contributed by atoms with van der Waals surface area (Å²) < 4.78 is 6.40. The van der Waals surface area contributed by atoms with Crippen LogP contribution in [0.2, 0.25) is 5.02 Å². The van der Waals surface area contributed by atoms with Crippen molar-refractivity contribution < 1.29 is 9.53 Å². The number of carbonyl (C=O) groups excluding carboxylic acids is 1. The molecule has 1 unspecified atom stereocenters. The number of benzene rings is 1. The minimum Gasteiger partial charge on any atom is -0.379 e. The van der Waals surface area contributed by atoms with Gasteiger partial charge in [-0.05, 0) is 39.7 Å². The van der Waals surface area contributed by atoms with E-state index in [-0.39, 0.29) is 11.9 Å². The standard InChI is InChI=1S/C17H18BrClN2O2S/c18-16-6-5-15(24-16)17(22)20-11-14(21-7-9-23-10-8-21)12-3-1-2-4-13(12)19/h1-6,14H,7-11H2,(H,20,22). The number of halogens is 2. The van der Waals surface area contributed by atoms with Crippen LogP contribution in [-0.2, 0) is 4.74 Å². The number of rotatable bonds is 5. The van der Waals surface area contributed by atoms with E-state index in [1.165, 1.54) is 11.3 Å². The Morgan fingerprint density at radius 1 is 1.29 bits per heavy atom. The summed E-state index contributed by atoms with van der Waals surface area (Å²) in [6, 6.07) is 11.6. The van der Waals surface area contributed by atoms with Gasteiger partial charge in [-0.2, -0.15) is 0 Å². The number of hydrogen-bond donors (Lipinski definition) is 1. The lowest BCUT2D eigenvalue weighted by Gasteiger charge is -2.35. The highest BCUT2D eigenvalue weighted by atomic mass is 79.9. The van der Waals surface area contributed by atoms with Crippen LogP contribution < -0.4 is 5.32 Å². The fourth-order valence-corrected chi connectivity index (χ4v) is 4.35. The minimum absolute atomic E-state index is 0.0370. The Morgan fingerprint density at radius 2 is 2.04 bits per heavy atom. The number of nitrogens with one attached hydrogen (secondary N) is 1. The molecule has 1 aliphatic heterocycles. The first kappa shape index (κ1) is 17.9. The van der Waals surface area contributed by atoms with Crippen molar-refractivity contribution in [2.45, 2.75) is 6.04 Å². The molecular weight excluding hydrogens is 412 g/mol. The third-order valence-corrected chi connectivity index (χ3v) is 5.97. The van der Waals surface area contributed by atoms with E-state index in [9.17, 15) is 4.79 Å². The first-order chi connectivity index (χ1) is 11.6. The first-order valence-corrected chi connectivity index (χ1v) is 9.73. The number of hydrogen-bond acceptors (Lipinski definition) is 4. The molecule has 0 saturated carbocycles. The summed E-state index contributed by atoms with van der Waals surface area (Å²) >= 11 is 11.2. The van der Waals surface area contributed by atoms with Crippen LogP contribution in [-0.4, -0.2) is 43.7 Å². The van der Waals surface area contributed by atoms with E-state index in [1.54, 1.807) is 0 Å². The topological polar surface area (TPSA) is 41.6 Å². The predicted molar refractivity (Wildman–Crippen MR) is 101 cm³/mol. The summed E-state index contributed by atoms with van der Waals surface area (Å²) in [6.07, 6.45) is 0. The smallest absolute Gasteiger partial charge is 0.261 e. The lowest BCUT2D eigenvalue weighted by molar-refractivity contribution is 0.0162. The van der Waals surface area contributed by atoms with Crippen molar-refractivity contribution in [3.8, 4) is 0 Å². The van der Waals surface area contributed by atoms with Gasteiger partial charge in [-0.3, -0.25) is 9.69 Å². The maximum Gasteiger partial charge on any atom is 0.261 e. The highest BCUT2D eigenvalue weighted by Gasteiger charge is 2.25. The Kier molecular flexibility index (Phi) is 6.30. The van der Waals surface area contributed by atoms with E-state index < -0.39 is 0 Å². The summed E-state index contributed by atoms with van der Waals surface area (Å²) in [4.78, 5) is 15.4. The molecule has 128 valence electrons. The Balaban J connectivity index is 1.74. The van der Waals surface area contributed by atoms with Crippen molar-refractivity contribution in [2.24, 2.45) is 0 Å². The zero-order chi connectivity index (χ0) is 16.9. The number of carbonyl (C=O) groups is 1. The summed E-state index contributed by atoms with van der Waals surface area (Å²) in [6.45, 7) is 3.57. The molecule has 7 heteroatoms. The number of amides is 1. The molecule has 4 nitrogen and oxygen atoms in total. The zero-order valence-electron chi connectivity index (χ0n) is 13.0. The van der Waals surface area contributed by atoms with E-state index >= 15 is 0 Å². The predicted octanol–water partition coefficient (Wildman–Crippen LogP) is 3.97. The first-order valence-electron chi connectivity index (χ1n) is 7.75. The molecule has 2 heterocycles. The van der Waals surface area contributed by atoms with Gasteiger partial charge in [0.2, 0.25) is 0 Å². The molecule has 1 atom stereocenters. The van der Waals surface area contributed by atoms with Gasteiger partial charge >= 0.3 is 0 Å². The zero-order valence-corrected chi connectivity index (χ0v) is 16.2. The van der Waals surface area contributed by atoms with Gasteiger partial charge in [-0.25, -0.2) is 0 Å². The van der Waals surface area contributed by atoms with Gasteiger partial charge in [0, 0.05) is 24.7 Å². The quantitative estimate of drug-likeness (QED) is 0.782. The van der Waals surface area contributed by atoms with Gasteiger partial charge in [-0.15, -0.1) is 11.3 Å². The van der Waals surface area contributed by atoms with Crippen molar-refractivity contribution >= 4 is 44.8 Å². The molecule has 3 rings (SSSR count). The SMILES string of the molecule is O=C(NCC(c1ccccc1Cl)N1CCOCC1)c1ccc(Br)s1. The van der Waals surface area contributed by atoms with Crippen LogP contribution in [0.15, 0.2) is 40.2 Å². The van der Waals surface area contributed by atoms with Crippen molar-refractivity contribution in [2.75, 3.05) is 32.8 Å². The highest BCUT2D eigenvalue weighted by Crippen LogP contribution is 2.28. The van der Waals surface area contributed by atoms with Crippen LogP contribution in [0.1, 0.15) is 21.3 Å². The summed E-state index contributed by atoms with van der Waals surface area (Å²) in [5, 5.41) is 3.77. The lowest BCUT2D eigenvalue weighted by Crippen LogP contribution is -2.43. The van der Waals surface area contributed by atoms with Gasteiger partial charge in [-0.1, -0.05) is 29.8 Å². The van der Waals surface area contributed by atoms with E-state index in [0.29, 0.717) is 24.6 Å². The molecule has 1 aromatic carbocycles. The van der Waals surface area contributed by atoms with Gasteiger partial charge in [0.25, 0.3) is 5.91 Å². The van der Waals surface area contributed by atoms with Crippen LogP contribution >= 0.6 is 38.9 Å².